The highest BCUT2D eigenvalue weighted by molar-refractivity contribution is 6.09. The Morgan fingerprint density at radius 1 is 0.935 bits per heavy atom. The van der Waals surface area contributed by atoms with E-state index in [9.17, 15) is 0 Å². The maximum Gasteiger partial charge on any atom is 0.231 e. The number of aromatic nitrogens is 2. The zero-order chi connectivity index (χ0) is 20.9. The van der Waals surface area contributed by atoms with E-state index in [0.717, 1.165) is 39.3 Å². The molecule has 2 aromatic heterocycles. The van der Waals surface area contributed by atoms with Crippen LogP contribution in [-0.2, 0) is 7.05 Å². The fourth-order valence-electron chi connectivity index (χ4n) is 4.28. The van der Waals surface area contributed by atoms with Crippen molar-refractivity contribution in [1.29, 1.82) is 0 Å². The molecule has 0 fully saturated rings. The molecule has 1 aliphatic heterocycles. The predicted molar refractivity (Wildman–Crippen MR) is 124 cm³/mol. The van der Waals surface area contributed by atoms with E-state index in [1.165, 1.54) is 21.8 Å². The second-order valence-electron chi connectivity index (χ2n) is 7.76. The zero-order valence-electron chi connectivity index (χ0n) is 17.2. The van der Waals surface area contributed by atoms with Crippen molar-refractivity contribution in [2.24, 2.45) is 12.1 Å². The normalized spacial score (nSPS) is 13.1. The van der Waals surface area contributed by atoms with Gasteiger partial charge in [-0.1, -0.05) is 24.3 Å². The fourth-order valence-corrected chi connectivity index (χ4v) is 4.28. The number of hydrazone groups is 1. The van der Waals surface area contributed by atoms with Crippen molar-refractivity contribution in [2.75, 3.05) is 12.2 Å². The molecule has 0 unspecified atom stereocenters. The number of benzene rings is 3. The number of ether oxygens (including phenoxy) is 2. The minimum absolute atomic E-state index is 0.238. The van der Waals surface area contributed by atoms with E-state index in [2.05, 4.69) is 69.6 Å². The van der Waals surface area contributed by atoms with E-state index in [1.807, 2.05) is 31.3 Å². The first-order chi connectivity index (χ1) is 15.2. The summed E-state index contributed by atoms with van der Waals surface area (Å²) in [5.74, 6) is 1.45. The average Bonchev–Trinajstić information content (AvgIpc) is 3.35. The standard InChI is InChI=1S/C25H20N4O2/c1-15-9-21(19-11-24-25(31-14-30-24)12-20(19)27-15)28-26-13-16-7-8-23-18(10-16)17-5-3-4-6-22(17)29(23)2/h3-13H,14H2,1-2H3,(H,27,28)/b26-13+. The van der Waals surface area contributed by atoms with E-state index in [1.54, 1.807) is 0 Å². The van der Waals surface area contributed by atoms with Gasteiger partial charge < -0.3 is 14.0 Å². The van der Waals surface area contributed by atoms with E-state index in [-0.39, 0.29) is 6.79 Å². The zero-order valence-corrected chi connectivity index (χ0v) is 17.2. The summed E-state index contributed by atoms with van der Waals surface area (Å²) >= 11 is 0. The maximum atomic E-state index is 5.53. The first-order valence-electron chi connectivity index (χ1n) is 10.1. The van der Waals surface area contributed by atoms with Crippen LogP contribution in [0.25, 0.3) is 32.7 Å². The third-order valence-electron chi connectivity index (χ3n) is 5.77. The predicted octanol–water partition coefficient (Wildman–Crippen LogP) is 5.36. The van der Waals surface area contributed by atoms with Crippen molar-refractivity contribution < 1.29 is 9.47 Å². The molecule has 6 heteroatoms. The second-order valence-corrected chi connectivity index (χ2v) is 7.76. The Bertz CT molecular complexity index is 1520. The molecule has 0 saturated heterocycles. The molecular formula is C25H20N4O2. The van der Waals surface area contributed by atoms with Gasteiger partial charge in [-0.25, -0.2) is 0 Å². The van der Waals surface area contributed by atoms with Gasteiger partial charge in [0.2, 0.25) is 6.79 Å². The van der Waals surface area contributed by atoms with E-state index < -0.39 is 0 Å². The topological polar surface area (TPSA) is 60.7 Å². The maximum absolute atomic E-state index is 5.53. The SMILES string of the molecule is Cc1cc(N/N=C/c2ccc3c(c2)c2ccccc2n3C)c2cc3c(cc2n1)OCO3. The van der Waals surface area contributed by atoms with Gasteiger partial charge in [-0.15, -0.1) is 0 Å². The number of fused-ring (bicyclic) bond motifs is 5. The molecule has 0 spiro atoms. The van der Waals surface area contributed by atoms with Crippen molar-refractivity contribution in [2.45, 2.75) is 6.92 Å². The molecule has 0 saturated carbocycles. The molecular weight excluding hydrogens is 388 g/mol. The Morgan fingerprint density at radius 3 is 2.65 bits per heavy atom. The first kappa shape index (κ1) is 17.8. The van der Waals surface area contributed by atoms with Crippen molar-refractivity contribution >= 4 is 44.6 Å². The third kappa shape index (κ3) is 2.87. The number of para-hydroxylation sites is 1. The molecule has 5 aromatic rings. The lowest BCUT2D eigenvalue weighted by Crippen LogP contribution is -1.95. The highest BCUT2D eigenvalue weighted by Gasteiger charge is 2.16. The van der Waals surface area contributed by atoms with Gasteiger partial charge in [-0.05, 0) is 42.8 Å². The Labute approximate surface area is 178 Å². The molecule has 152 valence electrons. The fraction of sp³-hybridized carbons (Fsp3) is 0.120. The van der Waals surface area contributed by atoms with Crippen molar-refractivity contribution in [3.05, 3.63) is 71.9 Å². The minimum atomic E-state index is 0.238. The lowest BCUT2D eigenvalue weighted by Gasteiger charge is -2.08. The molecule has 3 heterocycles. The molecule has 1 N–H and O–H groups in total. The number of hydrogen-bond donors (Lipinski definition) is 1. The smallest absolute Gasteiger partial charge is 0.231 e. The largest absolute Gasteiger partial charge is 0.454 e. The van der Waals surface area contributed by atoms with Crippen LogP contribution in [0.15, 0.2) is 65.8 Å². The highest BCUT2D eigenvalue weighted by Crippen LogP contribution is 2.38. The van der Waals surface area contributed by atoms with Crippen LogP contribution in [0.4, 0.5) is 5.69 Å². The van der Waals surface area contributed by atoms with Gasteiger partial charge in [0.15, 0.2) is 11.5 Å². The molecule has 6 rings (SSSR count). The summed E-state index contributed by atoms with van der Waals surface area (Å²) in [7, 11) is 2.10. The van der Waals surface area contributed by atoms with Gasteiger partial charge >= 0.3 is 0 Å². The summed E-state index contributed by atoms with van der Waals surface area (Å²) in [5.41, 5.74) is 9.28. The van der Waals surface area contributed by atoms with Crippen LogP contribution in [0.1, 0.15) is 11.3 Å². The lowest BCUT2D eigenvalue weighted by molar-refractivity contribution is 0.174. The summed E-state index contributed by atoms with van der Waals surface area (Å²) in [4.78, 5) is 4.62. The number of pyridine rings is 1. The first-order valence-corrected chi connectivity index (χ1v) is 10.1. The monoisotopic (exact) mass is 408 g/mol. The average molecular weight is 408 g/mol. The molecule has 0 atom stereocenters. The lowest BCUT2D eigenvalue weighted by atomic mass is 10.1. The summed E-state index contributed by atoms with van der Waals surface area (Å²) in [6.45, 7) is 2.20. The van der Waals surface area contributed by atoms with Crippen LogP contribution in [-0.4, -0.2) is 22.6 Å². The third-order valence-corrected chi connectivity index (χ3v) is 5.77. The number of nitrogens with zero attached hydrogens (tertiary/aromatic N) is 3. The molecule has 6 nitrogen and oxygen atoms in total. The number of rotatable bonds is 3. The van der Waals surface area contributed by atoms with Crippen LogP contribution in [0.3, 0.4) is 0 Å². The Morgan fingerprint density at radius 2 is 1.74 bits per heavy atom. The van der Waals surface area contributed by atoms with Gasteiger partial charge in [-0.3, -0.25) is 10.4 Å². The van der Waals surface area contributed by atoms with Crippen LogP contribution in [0.5, 0.6) is 11.5 Å². The summed E-state index contributed by atoms with van der Waals surface area (Å²) in [6, 6.07) is 20.7. The molecule has 3 aromatic carbocycles. The van der Waals surface area contributed by atoms with E-state index in [0.29, 0.717) is 0 Å². The summed E-state index contributed by atoms with van der Waals surface area (Å²) in [5, 5.41) is 7.92. The van der Waals surface area contributed by atoms with Crippen molar-refractivity contribution in [3.8, 4) is 11.5 Å². The van der Waals surface area contributed by atoms with Crippen LogP contribution < -0.4 is 14.9 Å². The minimum Gasteiger partial charge on any atom is -0.454 e. The Kier molecular flexibility index (Phi) is 3.86. The van der Waals surface area contributed by atoms with Crippen LogP contribution in [0, 0.1) is 6.92 Å². The van der Waals surface area contributed by atoms with Gasteiger partial charge in [0.1, 0.15) is 0 Å². The number of hydrogen-bond acceptors (Lipinski definition) is 5. The van der Waals surface area contributed by atoms with Crippen molar-refractivity contribution in [1.82, 2.24) is 9.55 Å². The second kappa shape index (κ2) is 6.74. The Hall–Kier alpha value is -4.06. The summed E-state index contributed by atoms with van der Waals surface area (Å²) < 4.78 is 13.2. The Balaban J connectivity index is 1.36. The summed E-state index contributed by atoms with van der Waals surface area (Å²) in [6.07, 6.45) is 1.84. The van der Waals surface area contributed by atoms with Crippen molar-refractivity contribution in [3.63, 3.8) is 0 Å². The number of aryl methyl sites for hydroxylation is 2. The van der Waals surface area contributed by atoms with E-state index >= 15 is 0 Å². The number of anilines is 1. The van der Waals surface area contributed by atoms with Gasteiger partial charge in [-0.2, -0.15) is 5.10 Å². The van der Waals surface area contributed by atoms with Gasteiger partial charge in [0.05, 0.1) is 17.4 Å². The molecule has 0 amide bonds. The van der Waals surface area contributed by atoms with Crippen LogP contribution in [0.2, 0.25) is 0 Å². The molecule has 31 heavy (non-hydrogen) atoms. The van der Waals surface area contributed by atoms with Gasteiger partial charge in [0, 0.05) is 46.0 Å². The molecule has 0 aliphatic carbocycles. The number of nitrogens with one attached hydrogen (secondary N) is 1. The highest BCUT2D eigenvalue weighted by atomic mass is 16.7. The molecule has 0 radical (unpaired) electrons. The molecule has 1 aliphatic rings. The van der Waals surface area contributed by atoms with E-state index in [4.69, 9.17) is 9.47 Å². The quantitative estimate of drug-likeness (QED) is 0.322. The van der Waals surface area contributed by atoms with Gasteiger partial charge in [0.25, 0.3) is 0 Å². The molecule has 0 bridgehead atoms. The van der Waals surface area contributed by atoms with Crippen LogP contribution >= 0.6 is 0 Å².